The van der Waals surface area contributed by atoms with E-state index in [1.165, 1.54) is 17.2 Å². The van der Waals surface area contributed by atoms with Crippen molar-refractivity contribution in [3.8, 4) is 0 Å². The molecular formula is C26H26F4N6. The normalized spacial score (nSPS) is 18.1. The number of halogens is 4. The van der Waals surface area contributed by atoms with Crippen molar-refractivity contribution in [3.63, 3.8) is 0 Å². The molecular weight excluding hydrogens is 472 g/mol. The van der Waals surface area contributed by atoms with E-state index in [1.54, 1.807) is 42.7 Å². The predicted molar refractivity (Wildman–Crippen MR) is 131 cm³/mol. The van der Waals surface area contributed by atoms with Gasteiger partial charge in [0.15, 0.2) is 0 Å². The molecule has 10 heteroatoms. The Morgan fingerprint density at radius 3 is 2.50 bits per heavy atom. The van der Waals surface area contributed by atoms with Gasteiger partial charge in [-0.05, 0) is 42.0 Å². The Kier molecular flexibility index (Phi) is 7.25. The van der Waals surface area contributed by atoms with Crippen LogP contribution in [0.4, 0.5) is 23.2 Å². The first-order valence-corrected chi connectivity index (χ1v) is 11.3. The van der Waals surface area contributed by atoms with Gasteiger partial charge in [-0.3, -0.25) is 15.3 Å². The van der Waals surface area contributed by atoms with E-state index >= 15 is 0 Å². The summed E-state index contributed by atoms with van der Waals surface area (Å²) < 4.78 is 57.0. The summed E-state index contributed by atoms with van der Waals surface area (Å²) in [7, 11) is 0. The van der Waals surface area contributed by atoms with Crippen LogP contribution in [-0.4, -0.2) is 40.6 Å². The number of piperidine rings is 1. The summed E-state index contributed by atoms with van der Waals surface area (Å²) in [5, 5.41) is 11.4. The fourth-order valence-corrected chi connectivity index (χ4v) is 4.25. The molecule has 1 aliphatic heterocycles. The van der Waals surface area contributed by atoms with Gasteiger partial charge in [-0.15, -0.1) is 0 Å². The van der Waals surface area contributed by atoms with Crippen LogP contribution in [0.3, 0.4) is 0 Å². The zero-order valence-corrected chi connectivity index (χ0v) is 19.3. The maximum Gasteiger partial charge on any atom is 0.262 e. The van der Waals surface area contributed by atoms with E-state index in [9.17, 15) is 17.6 Å². The maximum atomic E-state index is 14.4. The van der Waals surface area contributed by atoms with Gasteiger partial charge in [0.1, 0.15) is 11.6 Å². The number of pyridine rings is 1. The summed E-state index contributed by atoms with van der Waals surface area (Å²) in [5.74, 6) is -4.59. The Balaban J connectivity index is 1.49. The Bertz CT molecular complexity index is 1260. The fourth-order valence-electron chi connectivity index (χ4n) is 4.25. The summed E-state index contributed by atoms with van der Waals surface area (Å²) in [6.07, 6.45) is 4.13. The lowest BCUT2D eigenvalue weighted by Crippen LogP contribution is -2.52. The topological polar surface area (TPSA) is 104 Å². The van der Waals surface area contributed by atoms with E-state index in [0.29, 0.717) is 22.4 Å². The monoisotopic (exact) mass is 498 g/mol. The highest BCUT2D eigenvalue weighted by Gasteiger charge is 2.40. The highest BCUT2D eigenvalue weighted by molar-refractivity contribution is 6.14. The molecule has 1 aliphatic rings. The Labute approximate surface area is 206 Å². The number of rotatable bonds is 7. The van der Waals surface area contributed by atoms with Crippen LogP contribution in [0, 0.1) is 17.0 Å². The van der Waals surface area contributed by atoms with Crippen LogP contribution < -0.4 is 16.8 Å². The molecule has 188 valence electrons. The standard InChI is InChI=1S/C26H26F4N6/c27-21-2-1-3-22(28)20(21)14-36-13-18(11-26(29,30)15-36)35-12-24(32)17-4-5-23(31)19(10-17)25(33)16-6-8-34-9-7-16/h1-10,12,18,33,35H,11,13-15,31-32H2/b24-12-,33-25?. The summed E-state index contributed by atoms with van der Waals surface area (Å²) in [4.78, 5) is 5.27. The zero-order chi connectivity index (χ0) is 25.9. The molecule has 1 atom stereocenters. The number of nitrogens with zero attached hydrogens (tertiary/aromatic N) is 2. The average Bonchev–Trinajstić information content (AvgIpc) is 2.84. The molecule has 3 aromatic rings. The van der Waals surface area contributed by atoms with Gasteiger partial charge in [-0.2, -0.15) is 0 Å². The van der Waals surface area contributed by atoms with Crippen LogP contribution in [0.25, 0.3) is 5.70 Å². The van der Waals surface area contributed by atoms with Crippen LogP contribution in [0.5, 0.6) is 0 Å². The predicted octanol–water partition coefficient (Wildman–Crippen LogP) is 4.11. The molecule has 4 rings (SSSR count). The number of nitrogen functional groups attached to an aromatic ring is 1. The first-order valence-electron chi connectivity index (χ1n) is 11.3. The van der Waals surface area contributed by atoms with Gasteiger partial charge in [0.25, 0.3) is 5.92 Å². The van der Waals surface area contributed by atoms with Crippen LogP contribution in [0.15, 0.2) is 67.1 Å². The highest BCUT2D eigenvalue weighted by atomic mass is 19.3. The molecule has 2 aromatic carbocycles. The molecule has 0 bridgehead atoms. The highest BCUT2D eigenvalue weighted by Crippen LogP contribution is 2.29. The summed E-state index contributed by atoms with van der Waals surface area (Å²) in [6, 6.07) is 11.1. The first-order chi connectivity index (χ1) is 17.1. The number of hydrogen-bond acceptors (Lipinski definition) is 6. The fraction of sp³-hybridized carbons (Fsp3) is 0.231. The third-order valence-electron chi connectivity index (χ3n) is 6.02. The lowest BCUT2D eigenvalue weighted by Gasteiger charge is -2.37. The van der Waals surface area contributed by atoms with Crippen molar-refractivity contribution in [2.45, 2.75) is 24.9 Å². The lowest BCUT2D eigenvalue weighted by atomic mass is 9.98. The Morgan fingerprint density at radius 2 is 1.81 bits per heavy atom. The van der Waals surface area contributed by atoms with Gasteiger partial charge in [0.2, 0.25) is 0 Å². The lowest BCUT2D eigenvalue weighted by molar-refractivity contribution is -0.0762. The third kappa shape index (κ3) is 5.83. The van der Waals surface area contributed by atoms with Gasteiger partial charge in [0, 0.05) is 66.5 Å². The van der Waals surface area contributed by atoms with Gasteiger partial charge in [-0.25, -0.2) is 17.6 Å². The molecule has 1 saturated heterocycles. The number of nitrogens with one attached hydrogen (secondary N) is 2. The van der Waals surface area contributed by atoms with Crippen molar-refractivity contribution in [2.75, 3.05) is 18.8 Å². The number of alkyl halides is 2. The molecule has 1 fully saturated rings. The third-order valence-corrected chi connectivity index (χ3v) is 6.02. The van der Waals surface area contributed by atoms with E-state index in [-0.39, 0.29) is 30.1 Å². The molecule has 0 saturated carbocycles. The quantitative estimate of drug-likeness (QED) is 0.223. The van der Waals surface area contributed by atoms with Gasteiger partial charge < -0.3 is 16.8 Å². The van der Waals surface area contributed by atoms with E-state index in [0.717, 1.165) is 12.1 Å². The number of benzene rings is 2. The number of nitrogens with two attached hydrogens (primary N) is 2. The molecule has 36 heavy (non-hydrogen) atoms. The summed E-state index contributed by atoms with van der Waals surface area (Å²) in [6.45, 7) is -0.729. The smallest absolute Gasteiger partial charge is 0.262 e. The molecule has 6 nitrogen and oxygen atoms in total. The SMILES string of the molecule is N=C(c1ccncc1)c1cc(/C(N)=C/NC2CN(Cc3c(F)cccc3F)CC(F)(F)C2)ccc1N. The minimum absolute atomic E-state index is 0.146. The number of likely N-dealkylation sites (tertiary alicyclic amines) is 1. The van der Waals surface area contributed by atoms with Crippen molar-refractivity contribution in [2.24, 2.45) is 5.73 Å². The van der Waals surface area contributed by atoms with E-state index < -0.39 is 36.6 Å². The van der Waals surface area contributed by atoms with Crippen molar-refractivity contribution >= 4 is 17.1 Å². The average molecular weight is 499 g/mol. The van der Waals surface area contributed by atoms with Crippen LogP contribution >= 0.6 is 0 Å². The molecule has 0 aliphatic carbocycles. The number of hydrogen-bond donors (Lipinski definition) is 4. The maximum absolute atomic E-state index is 14.4. The van der Waals surface area contributed by atoms with E-state index in [2.05, 4.69) is 10.3 Å². The van der Waals surface area contributed by atoms with E-state index in [1.807, 2.05) is 0 Å². The molecule has 0 amide bonds. The van der Waals surface area contributed by atoms with Crippen LogP contribution in [0.1, 0.15) is 28.7 Å². The second kappa shape index (κ2) is 10.4. The van der Waals surface area contributed by atoms with Crippen LogP contribution in [0.2, 0.25) is 0 Å². The minimum atomic E-state index is -3.05. The molecule has 0 spiro atoms. The number of anilines is 1. The second-order valence-corrected chi connectivity index (χ2v) is 8.81. The van der Waals surface area contributed by atoms with Crippen LogP contribution in [-0.2, 0) is 6.54 Å². The Hall–Kier alpha value is -3.92. The van der Waals surface area contributed by atoms with Gasteiger partial charge >= 0.3 is 0 Å². The van der Waals surface area contributed by atoms with Crippen molar-refractivity contribution in [1.82, 2.24) is 15.2 Å². The number of aromatic nitrogens is 1. The Morgan fingerprint density at radius 1 is 1.11 bits per heavy atom. The van der Waals surface area contributed by atoms with Gasteiger partial charge in [-0.1, -0.05) is 12.1 Å². The van der Waals surface area contributed by atoms with Crippen molar-refractivity contribution < 1.29 is 17.6 Å². The summed E-state index contributed by atoms with van der Waals surface area (Å²) in [5.41, 5.74) is 14.6. The summed E-state index contributed by atoms with van der Waals surface area (Å²) >= 11 is 0. The largest absolute Gasteiger partial charge is 0.398 e. The molecule has 1 aromatic heterocycles. The second-order valence-electron chi connectivity index (χ2n) is 8.81. The zero-order valence-electron chi connectivity index (χ0n) is 19.3. The molecule has 0 radical (unpaired) electrons. The minimum Gasteiger partial charge on any atom is -0.398 e. The van der Waals surface area contributed by atoms with Crippen molar-refractivity contribution in [1.29, 1.82) is 5.41 Å². The van der Waals surface area contributed by atoms with Gasteiger partial charge in [0.05, 0.1) is 18.0 Å². The van der Waals surface area contributed by atoms with Crippen molar-refractivity contribution in [3.05, 3.63) is 101 Å². The van der Waals surface area contributed by atoms with E-state index in [4.69, 9.17) is 16.9 Å². The molecule has 6 N–H and O–H groups in total. The first kappa shape index (κ1) is 25.2. The molecule has 1 unspecified atom stereocenters. The molecule has 2 heterocycles.